The quantitative estimate of drug-likeness (QED) is 0.685. The van der Waals surface area contributed by atoms with E-state index in [0.717, 1.165) is 6.42 Å². The molecule has 4 N–H and O–H groups in total. The number of nitrogen functional groups attached to an aromatic ring is 1. The van der Waals surface area contributed by atoms with Crippen molar-refractivity contribution < 1.29 is 9.90 Å². The lowest BCUT2D eigenvalue weighted by Gasteiger charge is -2.14. The number of aryl methyl sites for hydroxylation is 1. The number of aromatic nitrogens is 1. The van der Waals surface area contributed by atoms with Crippen LogP contribution in [0.4, 0.5) is 5.69 Å². The minimum atomic E-state index is -0.124. The van der Waals surface area contributed by atoms with Crippen LogP contribution in [0.5, 0.6) is 0 Å². The normalized spacial score (nSPS) is 12.4. The number of aliphatic hydroxyl groups excluding tert-OH is 1. The summed E-state index contributed by atoms with van der Waals surface area (Å²) < 4.78 is 1.71. The Bertz CT molecular complexity index is 374. The van der Waals surface area contributed by atoms with Crippen LogP contribution in [-0.2, 0) is 7.05 Å². The van der Waals surface area contributed by atoms with Crippen LogP contribution in [0.2, 0.25) is 0 Å². The van der Waals surface area contributed by atoms with Gasteiger partial charge in [-0.15, -0.1) is 0 Å². The second-order valence-electron chi connectivity index (χ2n) is 4.27. The van der Waals surface area contributed by atoms with Gasteiger partial charge in [-0.1, -0.05) is 13.3 Å². The smallest absolute Gasteiger partial charge is 0.267 e. The van der Waals surface area contributed by atoms with Crippen LogP contribution in [0.1, 0.15) is 30.3 Å². The SMILES string of the molecule is CCC(CCO)CNC(=O)c1cc(N)cn1C. The standard InChI is InChI=1S/C12H21N3O2/c1-3-9(4-5-16)7-14-12(17)11-6-10(13)8-15(11)2/h6,8-9,16H,3-5,7,13H2,1-2H3,(H,14,17). The number of carbonyl (C=O) groups is 1. The third-order valence-electron chi connectivity index (χ3n) is 2.92. The first-order valence-corrected chi connectivity index (χ1v) is 5.89. The van der Waals surface area contributed by atoms with E-state index in [1.54, 1.807) is 23.9 Å². The Labute approximate surface area is 102 Å². The molecule has 0 aliphatic carbocycles. The molecule has 0 aliphatic rings. The van der Waals surface area contributed by atoms with Crippen molar-refractivity contribution in [1.29, 1.82) is 0 Å². The Morgan fingerprint density at radius 3 is 2.82 bits per heavy atom. The van der Waals surface area contributed by atoms with Gasteiger partial charge in [-0.3, -0.25) is 4.79 Å². The molecular weight excluding hydrogens is 218 g/mol. The summed E-state index contributed by atoms with van der Waals surface area (Å²) in [6.45, 7) is 2.79. The summed E-state index contributed by atoms with van der Waals surface area (Å²) in [6.07, 6.45) is 3.36. The van der Waals surface area contributed by atoms with Gasteiger partial charge in [0.15, 0.2) is 0 Å². The molecule has 1 atom stereocenters. The van der Waals surface area contributed by atoms with Gasteiger partial charge < -0.3 is 20.7 Å². The van der Waals surface area contributed by atoms with Gasteiger partial charge in [0, 0.05) is 26.4 Å². The monoisotopic (exact) mass is 239 g/mol. The Morgan fingerprint density at radius 2 is 2.35 bits per heavy atom. The van der Waals surface area contributed by atoms with Crippen molar-refractivity contribution in [3.63, 3.8) is 0 Å². The van der Waals surface area contributed by atoms with Crippen molar-refractivity contribution in [3.8, 4) is 0 Å². The highest BCUT2D eigenvalue weighted by molar-refractivity contribution is 5.93. The average molecular weight is 239 g/mol. The van der Waals surface area contributed by atoms with Crippen LogP contribution >= 0.6 is 0 Å². The summed E-state index contributed by atoms with van der Waals surface area (Å²) in [5.41, 5.74) is 6.75. The maximum Gasteiger partial charge on any atom is 0.267 e. The van der Waals surface area contributed by atoms with Gasteiger partial charge in [0.25, 0.3) is 5.91 Å². The fourth-order valence-electron chi connectivity index (χ4n) is 1.78. The number of nitrogens with zero attached hydrogens (tertiary/aromatic N) is 1. The van der Waals surface area contributed by atoms with Gasteiger partial charge in [-0.05, 0) is 18.4 Å². The molecule has 0 saturated heterocycles. The van der Waals surface area contributed by atoms with Crippen LogP contribution in [0, 0.1) is 5.92 Å². The van der Waals surface area contributed by atoms with Gasteiger partial charge in [-0.25, -0.2) is 0 Å². The lowest BCUT2D eigenvalue weighted by molar-refractivity contribution is 0.0935. The minimum Gasteiger partial charge on any atom is -0.397 e. The molecule has 1 unspecified atom stereocenters. The van der Waals surface area contributed by atoms with E-state index in [-0.39, 0.29) is 12.5 Å². The number of rotatable bonds is 6. The second kappa shape index (κ2) is 6.30. The fourth-order valence-corrected chi connectivity index (χ4v) is 1.78. The first kappa shape index (κ1) is 13.6. The zero-order valence-corrected chi connectivity index (χ0v) is 10.4. The lowest BCUT2D eigenvalue weighted by atomic mass is 10.0. The summed E-state index contributed by atoms with van der Waals surface area (Å²) in [5, 5.41) is 11.7. The maximum atomic E-state index is 11.9. The Morgan fingerprint density at radius 1 is 1.65 bits per heavy atom. The van der Waals surface area contributed by atoms with Gasteiger partial charge in [0.1, 0.15) is 5.69 Å². The number of hydrogen-bond donors (Lipinski definition) is 3. The molecular formula is C12H21N3O2. The van der Waals surface area contributed by atoms with Crippen molar-refractivity contribution in [2.24, 2.45) is 13.0 Å². The molecule has 5 heteroatoms. The van der Waals surface area contributed by atoms with E-state index in [2.05, 4.69) is 5.32 Å². The first-order valence-electron chi connectivity index (χ1n) is 5.89. The zero-order valence-electron chi connectivity index (χ0n) is 10.4. The molecule has 0 spiro atoms. The molecule has 96 valence electrons. The maximum absolute atomic E-state index is 11.9. The molecule has 17 heavy (non-hydrogen) atoms. The molecule has 1 amide bonds. The summed E-state index contributed by atoms with van der Waals surface area (Å²) in [7, 11) is 1.79. The topological polar surface area (TPSA) is 80.3 Å². The summed E-state index contributed by atoms with van der Waals surface area (Å²) >= 11 is 0. The predicted octanol–water partition coefficient (Wildman–Crippen LogP) is 0.746. The summed E-state index contributed by atoms with van der Waals surface area (Å²) in [6, 6.07) is 1.66. The number of nitrogens with two attached hydrogens (primary N) is 1. The number of hydrogen-bond acceptors (Lipinski definition) is 3. The van der Waals surface area contributed by atoms with E-state index in [9.17, 15) is 4.79 Å². The molecule has 5 nitrogen and oxygen atoms in total. The van der Waals surface area contributed by atoms with Gasteiger partial charge >= 0.3 is 0 Å². The van der Waals surface area contributed by atoms with E-state index in [0.29, 0.717) is 30.3 Å². The number of carbonyl (C=O) groups excluding carboxylic acids is 1. The number of anilines is 1. The molecule has 1 aromatic heterocycles. The van der Waals surface area contributed by atoms with Crippen molar-refractivity contribution in [2.75, 3.05) is 18.9 Å². The molecule has 0 radical (unpaired) electrons. The summed E-state index contributed by atoms with van der Waals surface area (Å²) in [5.74, 6) is 0.196. The Hall–Kier alpha value is -1.49. The third-order valence-corrected chi connectivity index (χ3v) is 2.92. The molecule has 0 aromatic carbocycles. The molecule has 0 bridgehead atoms. The number of aliphatic hydroxyl groups is 1. The highest BCUT2D eigenvalue weighted by Gasteiger charge is 2.12. The van der Waals surface area contributed by atoms with Crippen molar-refractivity contribution >= 4 is 11.6 Å². The Kier molecular flexibility index (Phi) is 5.03. The molecule has 1 aromatic rings. The van der Waals surface area contributed by atoms with Gasteiger partial charge in [0.2, 0.25) is 0 Å². The molecule has 0 aliphatic heterocycles. The number of nitrogens with one attached hydrogen (secondary N) is 1. The largest absolute Gasteiger partial charge is 0.397 e. The van der Waals surface area contributed by atoms with Crippen LogP contribution in [0.15, 0.2) is 12.3 Å². The molecule has 1 rings (SSSR count). The van der Waals surface area contributed by atoms with Crippen LogP contribution in [-0.4, -0.2) is 28.7 Å². The predicted molar refractivity (Wildman–Crippen MR) is 67.6 cm³/mol. The van der Waals surface area contributed by atoms with E-state index < -0.39 is 0 Å². The lowest BCUT2D eigenvalue weighted by Crippen LogP contribution is -2.30. The van der Waals surface area contributed by atoms with Crippen molar-refractivity contribution in [2.45, 2.75) is 19.8 Å². The molecule has 0 saturated carbocycles. The highest BCUT2D eigenvalue weighted by Crippen LogP contribution is 2.10. The summed E-state index contributed by atoms with van der Waals surface area (Å²) in [4.78, 5) is 11.9. The van der Waals surface area contributed by atoms with Crippen LogP contribution < -0.4 is 11.1 Å². The second-order valence-corrected chi connectivity index (χ2v) is 4.27. The van der Waals surface area contributed by atoms with E-state index in [1.807, 2.05) is 6.92 Å². The van der Waals surface area contributed by atoms with Crippen molar-refractivity contribution in [3.05, 3.63) is 18.0 Å². The minimum absolute atomic E-state index is 0.124. The zero-order chi connectivity index (χ0) is 12.8. The number of amides is 1. The molecule has 1 heterocycles. The third kappa shape index (κ3) is 3.78. The van der Waals surface area contributed by atoms with E-state index in [1.165, 1.54) is 0 Å². The Balaban J connectivity index is 2.52. The highest BCUT2D eigenvalue weighted by atomic mass is 16.3. The molecule has 0 fully saturated rings. The van der Waals surface area contributed by atoms with Crippen molar-refractivity contribution in [1.82, 2.24) is 9.88 Å². The van der Waals surface area contributed by atoms with Crippen LogP contribution in [0.3, 0.4) is 0 Å². The fraction of sp³-hybridized carbons (Fsp3) is 0.583. The van der Waals surface area contributed by atoms with E-state index in [4.69, 9.17) is 10.8 Å². The van der Waals surface area contributed by atoms with Gasteiger partial charge in [0.05, 0.1) is 5.69 Å². The average Bonchev–Trinajstić information content (AvgIpc) is 2.63. The van der Waals surface area contributed by atoms with Gasteiger partial charge in [-0.2, -0.15) is 0 Å². The van der Waals surface area contributed by atoms with E-state index >= 15 is 0 Å². The first-order chi connectivity index (χ1) is 8.08. The van der Waals surface area contributed by atoms with Crippen LogP contribution in [0.25, 0.3) is 0 Å².